The number of aryl methyl sites for hydroxylation is 2. The first-order valence-electron chi connectivity index (χ1n) is 9.81. The Morgan fingerprint density at radius 3 is 2.76 bits per heavy atom. The topological polar surface area (TPSA) is 86.3 Å². The summed E-state index contributed by atoms with van der Waals surface area (Å²) >= 11 is 0. The fraction of sp³-hybridized carbons (Fsp3) is 0.429. The predicted octanol–water partition coefficient (Wildman–Crippen LogP) is 2.57. The summed E-state index contributed by atoms with van der Waals surface area (Å²) in [6.45, 7) is 9.61. The van der Waals surface area contributed by atoms with E-state index in [4.69, 9.17) is 9.26 Å². The highest BCUT2D eigenvalue weighted by Gasteiger charge is 2.36. The maximum atomic E-state index is 12.7. The number of hydrogen-bond acceptors (Lipinski definition) is 7. The number of ether oxygens (including phenoxy) is 1. The van der Waals surface area contributed by atoms with E-state index in [1.54, 1.807) is 18.5 Å². The second kappa shape index (κ2) is 7.79. The highest BCUT2D eigenvalue weighted by Crippen LogP contribution is 2.28. The van der Waals surface area contributed by atoms with E-state index >= 15 is 0 Å². The van der Waals surface area contributed by atoms with Gasteiger partial charge in [0, 0.05) is 42.2 Å². The second-order valence-electron chi connectivity index (χ2n) is 7.35. The summed E-state index contributed by atoms with van der Waals surface area (Å²) in [5, 5.41) is 8.55. The lowest BCUT2D eigenvalue weighted by atomic mass is 10.0. The fourth-order valence-electron chi connectivity index (χ4n) is 3.58. The Morgan fingerprint density at radius 1 is 1.28 bits per heavy atom. The van der Waals surface area contributed by atoms with Gasteiger partial charge in [-0.3, -0.25) is 9.78 Å². The Labute approximate surface area is 169 Å². The number of hydrogen-bond donors (Lipinski definition) is 0. The van der Waals surface area contributed by atoms with E-state index in [0.717, 1.165) is 29.1 Å². The van der Waals surface area contributed by atoms with E-state index in [9.17, 15) is 4.79 Å². The molecule has 1 aliphatic rings. The van der Waals surface area contributed by atoms with Crippen LogP contribution < -0.4 is 10.5 Å². The van der Waals surface area contributed by atoms with Crippen molar-refractivity contribution in [3.8, 4) is 11.3 Å². The van der Waals surface area contributed by atoms with Crippen LogP contribution in [0.25, 0.3) is 11.3 Å². The van der Waals surface area contributed by atoms with Gasteiger partial charge in [-0.1, -0.05) is 5.16 Å². The molecule has 0 N–H and O–H groups in total. The van der Waals surface area contributed by atoms with Gasteiger partial charge in [0.05, 0.1) is 30.6 Å². The van der Waals surface area contributed by atoms with Crippen molar-refractivity contribution in [1.82, 2.24) is 19.9 Å². The third kappa shape index (κ3) is 3.67. The molecule has 0 unspecified atom stereocenters. The van der Waals surface area contributed by atoms with Gasteiger partial charge in [-0.05, 0) is 39.8 Å². The molecule has 152 valence electrons. The van der Waals surface area contributed by atoms with Gasteiger partial charge in [0.2, 0.25) is 0 Å². The molecule has 1 fully saturated rings. The summed E-state index contributed by atoms with van der Waals surface area (Å²) in [7, 11) is 0. The molecular formula is C21H25N5O3. The van der Waals surface area contributed by atoms with Crippen LogP contribution in [0, 0.1) is 13.8 Å². The van der Waals surface area contributed by atoms with Crippen LogP contribution in [0.3, 0.4) is 0 Å². The molecule has 3 aromatic heterocycles. The lowest BCUT2D eigenvalue weighted by Crippen LogP contribution is -2.60. The number of pyridine rings is 1. The van der Waals surface area contributed by atoms with Crippen LogP contribution in [0.5, 0.6) is 0 Å². The van der Waals surface area contributed by atoms with Gasteiger partial charge in [-0.2, -0.15) is 5.10 Å². The molecule has 8 heteroatoms. The number of anilines is 1. The van der Waals surface area contributed by atoms with Crippen molar-refractivity contribution in [3.63, 3.8) is 0 Å². The second-order valence-corrected chi connectivity index (χ2v) is 7.35. The minimum atomic E-state index is -0.164. The maximum absolute atomic E-state index is 12.7. The molecule has 4 heterocycles. The zero-order valence-electron chi connectivity index (χ0n) is 17.1. The fourth-order valence-corrected chi connectivity index (χ4v) is 3.58. The third-order valence-electron chi connectivity index (χ3n) is 5.45. The Morgan fingerprint density at radius 2 is 2.10 bits per heavy atom. The molecule has 3 aromatic rings. The Hall–Kier alpha value is -3.00. The van der Waals surface area contributed by atoms with E-state index in [-0.39, 0.29) is 24.2 Å². The normalized spacial score (nSPS) is 18.7. The monoisotopic (exact) mass is 395 g/mol. The van der Waals surface area contributed by atoms with Crippen molar-refractivity contribution in [2.45, 2.75) is 46.4 Å². The van der Waals surface area contributed by atoms with Crippen LogP contribution in [0.15, 0.2) is 39.9 Å². The first kappa shape index (κ1) is 19.3. The van der Waals surface area contributed by atoms with Crippen LogP contribution in [0.4, 0.5) is 5.69 Å². The van der Waals surface area contributed by atoms with Crippen LogP contribution in [0.2, 0.25) is 0 Å². The minimum absolute atomic E-state index is 0.164. The van der Waals surface area contributed by atoms with E-state index in [2.05, 4.69) is 27.1 Å². The number of rotatable bonds is 6. The van der Waals surface area contributed by atoms with Gasteiger partial charge in [-0.25, -0.2) is 4.68 Å². The Balaban J connectivity index is 1.56. The van der Waals surface area contributed by atoms with E-state index in [1.165, 1.54) is 4.68 Å². The lowest BCUT2D eigenvalue weighted by molar-refractivity contribution is 0.0146. The largest absolute Gasteiger partial charge is 0.375 e. The average molecular weight is 395 g/mol. The summed E-state index contributed by atoms with van der Waals surface area (Å²) in [5.74, 6) is 0.661. The van der Waals surface area contributed by atoms with Gasteiger partial charge in [0.15, 0.2) is 0 Å². The van der Waals surface area contributed by atoms with Gasteiger partial charge in [-0.15, -0.1) is 0 Å². The molecule has 1 saturated heterocycles. The third-order valence-corrected chi connectivity index (χ3v) is 5.45. The van der Waals surface area contributed by atoms with E-state index < -0.39 is 0 Å². The van der Waals surface area contributed by atoms with E-state index in [0.29, 0.717) is 18.1 Å². The molecule has 0 aliphatic carbocycles. The lowest BCUT2D eigenvalue weighted by Gasteiger charge is -2.47. The summed E-state index contributed by atoms with van der Waals surface area (Å²) in [6.07, 6.45) is 3.69. The molecule has 0 aromatic carbocycles. The highest BCUT2D eigenvalue weighted by atomic mass is 16.5. The SMILES string of the molecule is CCO[C@H]1CN(c2cnn(Cc3c(-c4ccc(C)nc4)noc3C)c(=O)c2)[C@H]1C. The van der Waals surface area contributed by atoms with Gasteiger partial charge < -0.3 is 14.2 Å². The van der Waals surface area contributed by atoms with Crippen molar-refractivity contribution in [2.75, 3.05) is 18.1 Å². The van der Waals surface area contributed by atoms with Crippen molar-refractivity contribution in [1.29, 1.82) is 0 Å². The molecule has 0 spiro atoms. The Bertz CT molecular complexity index is 1060. The first-order valence-corrected chi connectivity index (χ1v) is 9.81. The van der Waals surface area contributed by atoms with Gasteiger partial charge in [0.25, 0.3) is 5.56 Å². The van der Waals surface area contributed by atoms with E-state index in [1.807, 2.05) is 32.9 Å². The molecule has 1 aliphatic heterocycles. The van der Waals surface area contributed by atoms with Crippen molar-refractivity contribution in [3.05, 3.63) is 58.0 Å². The number of nitrogens with zero attached hydrogens (tertiary/aromatic N) is 5. The van der Waals surface area contributed by atoms with Crippen LogP contribution in [-0.2, 0) is 11.3 Å². The van der Waals surface area contributed by atoms with Crippen molar-refractivity contribution < 1.29 is 9.26 Å². The summed E-state index contributed by atoms with van der Waals surface area (Å²) in [4.78, 5) is 19.2. The van der Waals surface area contributed by atoms with Crippen molar-refractivity contribution in [2.24, 2.45) is 0 Å². The molecule has 0 bridgehead atoms. The minimum Gasteiger partial charge on any atom is -0.375 e. The molecule has 0 saturated carbocycles. The molecule has 29 heavy (non-hydrogen) atoms. The molecule has 8 nitrogen and oxygen atoms in total. The summed E-state index contributed by atoms with van der Waals surface area (Å²) in [5.41, 5.74) is 3.94. The molecular weight excluding hydrogens is 370 g/mol. The predicted molar refractivity (Wildman–Crippen MR) is 109 cm³/mol. The summed E-state index contributed by atoms with van der Waals surface area (Å²) in [6, 6.07) is 5.73. The van der Waals surface area contributed by atoms with Crippen LogP contribution in [-0.4, -0.2) is 45.2 Å². The Kier molecular flexibility index (Phi) is 5.19. The zero-order chi connectivity index (χ0) is 20.5. The summed E-state index contributed by atoms with van der Waals surface area (Å²) < 4.78 is 12.5. The standard InChI is InChI=1S/C21H25N5O3/c1-5-28-19-12-25(14(19)3)17-8-20(27)26(23-10-17)11-18-15(4)29-24-21(18)16-7-6-13(2)22-9-16/h6-10,14,19H,5,11-12H2,1-4H3/t14-,19-/m0/s1. The molecule has 0 radical (unpaired) electrons. The molecule has 2 atom stereocenters. The maximum Gasteiger partial charge on any atom is 0.269 e. The quantitative estimate of drug-likeness (QED) is 0.634. The van der Waals surface area contributed by atoms with Crippen LogP contribution in [0.1, 0.15) is 30.9 Å². The van der Waals surface area contributed by atoms with Crippen molar-refractivity contribution >= 4 is 5.69 Å². The van der Waals surface area contributed by atoms with Gasteiger partial charge in [0.1, 0.15) is 11.5 Å². The van der Waals surface area contributed by atoms with Gasteiger partial charge >= 0.3 is 0 Å². The average Bonchev–Trinajstić information content (AvgIpc) is 3.07. The first-order chi connectivity index (χ1) is 14.0. The highest BCUT2D eigenvalue weighted by molar-refractivity contribution is 5.62. The number of aromatic nitrogens is 4. The molecule has 0 amide bonds. The molecule has 4 rings (SSSR count). The smallest absolute Gasteiger partial charge is 0.269 e. The van der Waals surface area contributed by atoms with Crippen LogP contribution >= 0.6 is 0 Å². The zero-order valence-corrected chi connectivity index (χ0v) is 17.1.